The zero-order chi connectivity index (χ0) is 23.8. The molecule has 9 heteroatoms. The summed E-state index contributed by atoms with van der Waals surface area (Å²) in [5.74, 6) is -0.0281. The van der Waals surface area contributed by atoms with Gasteiger partial charge in [0.2, 0.25) is 5.88 Å². The number of carbonyl (C=O) groups is 1. The maximum absolute atomic E-state index is 13.6. The van der Waals surface area contributed by atoms with Crippen LogP contribution in [0.25, 0.3) is 0 Å². The Bertz CT molecular complexity index is 1170. The van der Waals surface area contributed by atoms with E-state index in [1.807, 2.05) is 0 Å². The van der Waals surface area contributed by atoms with Crippen LogP contribution in [0.2, 0.25) is 0 Å². The van der Waals surface area contributed by atoms with E-state index >= 15 is 0 Å². The second-order valence-electron chi connectivity index (χ2n) is 7.25. The Morgan fingerprint density at radius 1 is 0.970 bits per heavy atom. The van der Waals surface area contributed by atoms with Gasteiger partial charge in [-0.25, -0.2) is 17.8 Å². The molecule has 0 fully saturated rings. The average molecular weight is 472 g/mol. The molecule has 3 rings (SSSR count). The van der Waals surface area contributed by atoms with Gasteiger partial charge in [0.05, 0.1) is 30.4 Å². The Morgan fingerprint density at radius 3 is 2.27 bits per heavy atom. The molecule has 2 aromatic carbocycles. The van der Waals surface area contributed by atoms with Crippen molar-refractivity contribution in [1.82, 2.24) is 9.88 Å². The molecule has 33 heavy (non-hydrogen) atoms. The fourth-order valence-electron chi connectivity index (χ4n) is 3.39. The van der Waals surface area contributed by atoms with Crippen LogP contribution in [0, 0.1) is 6.92 Å². The number of aryl methyl sites for hydroxylation is 1. The molecule has 0 spiro atoms. The Balaban J connectivity index is 1.95. The lowest BCUT2D eigenvalue weighted by molar-refractivity contribution is 0.0750. The van der Waals surface area contributed by atoms with Crippen LogP contribution in [0.5, 0.6) is 5.88 Å². The lowest BCUT2D eigenvalue weighted by Gasteiger charge is -2.29. The minimum absolute atomic E-state index is 0.00517. The van der Waals surface area contributed by atoms with Crippen molar-refractivity contribution in [2.24, 2.45) is 0 Å². The van der Waals surface area contributed by atoms with Crippen LogP contribution in [0.15, 0.2) is 77.8 Å². The summed E-state index contributed by atoms with van der Waals surface area (Å²) < 4.78 is 46.7. The van der Waals surface area contributed by atoms with E-state index in [9.17, 15) is 17.6 Å². The minimum atomic E-state index is -3.98. The van der Waals surface area contributed by atoms with Crippen LogP contribution in [0.3, 0.4) is 0 Å². The van der Waals surface area contributed by atoms with Gasteiger partial charge in [-0.1, -0.05) is 36.4 Å². The molecule has 3 aromatic rings. The highest BCUT2D eigenvalue weighted by Gasteiger charge is 2.28. The summed E-state index contributed by atoms with van der Waals surface area (Å²) in [5, 5.41) is 0. The van der Waals surface area contributed by atoms with E-state index in [0.717, 1.165) is 0 Å². The van der Waals surface area contributed by atoms with Gasteiger partial charge in [0.25, 0.3) is 15.9 Å². The second kappa shape index (κ2) is 10.9. The monoisotopic (exact) mass is 471 g/mol. The van der Waals surface area contributed by atoms with E-state index in [-0.39, 0.29) is 30.4 Å². The van der Waals surface area contributed by atoms with Gasteiger partial charge in [0.1, 0.15) is 6.67 Å². The van der Waals surface area contributed by atoms with Gasteiger partial charge >= 0.3 is 0 Å². The van der Waals surface area contributed by atoms with Crippen molar-refractivity contribution < 1.29 is 22.3 Å². The molecule has 0 radical (unpaired) electrons. The molecule has 1 heterocycles. The molecule has 1 amide bonds. The Labute approximate surface area is 193 Å². The SMILES string of the molecule is COc1ccc(N(CCN(CCF)C(=O)c2ccccc2)S(=O)(=O)c2ccccc2C)cn1. The van der Waals surface area contributed by atoms with Gasteiger partial charge in [-0.05, 0) is 36.8 Å². The summed E-state index contributed by atoms with van der Waals surface area (Å²) in [7, 11) is -2.52. The lowest BCUT2D eigenvalue weighted by atomic mass is 10.2. The first-order valence-electron chi connectivity index (χ1n) is 10.4. The number of carbonyl (C=O) groups excluding carboxylic acids is 1. The molecule has 0 saturated heterocycles. The van der Waals surface area contributed by atoms with Crippen molar-refractivity contribution in [3.8, 4) is 5.88 Å². The van der Waals surface area contributed by atoms with E-state index < -0.39 is 16.7 Å². The van der Waals surface area contributed by atoms with Crippen molar-refractivity contribution in [2.45, 2.75) is 11.8 Å². The van der Waals surface area contributed by atoms with E-state index in [1.165, 1.54) is 28.6 Å². The molecule has 0 saturated carbocycles. The largest absolute Gasteiger partial charge is 0.481 e. The van der Waals surface area contributed by atoms with Crippen LogP contribution >= 0.6 is 0 Å². The summed E-state index contributed by atoms with van der Waals surface area (Å²) >= 11 is 0. The highest BCUT2D eigenvalue weighted by molar-refractivity contribution is 7.92. The number of alkyl halides is 1. The van der Waals surface area contributed by atoms with Gasteiger partial charge < -0.3 is 9.64 Å². The summed E-state index contributed by atoms with van der Waals surface area (Å²) in [6.07, 6.45) is 1.40. The summed E-state index contributed by atoms with van der Waals surface area (Å²) in [5.41, 5.74) is 1.31. The van der Waals surface area contributed by atoms with Gasteiger partial charge in [0, 0.05) is 24.7 Å². The lowest BCUT2D eigenvalue weighted by Crippen LogP contribution is -2.42. The first kappa shape index (κ1) is 24.2. The predicted octanol–water partition coefficient (Wildman–Crippen LogP) is 3.71. The summed E-state index contributed by atoms with van der Waals surface area (Å²) in [4.78, 5) is 18.5. The fraction of sp³-hybridized carbons (Fsp3) is 0.250. The molecule has 0 aliphatic heterocycles. The van der Waals surface area contributed by atoms with Gasteiger partial charge in [-0.15, -0.1) is 0 Å². The number of halogens is 1. The van der Waals surface area contributed by atoms with Crippen LogP contribution in [-0.2, 0) is 10.0 Å². The molecule has 0 bridgehead atoms. The van der Waals surface area contributed by atoms with E-state index in [4.69, 9.17) is 4.74 Å². The maximum atomic E-state index is 13.6. The normalized spacial score (nSPS) is 11.1. The summed E-state index contributed by atoms with van der Waals surface area (Å²) in [6.45, 7) is 0.740. The smallest absolute Gasteiger partial charge is 0.264 e. The number of aromatic nitrogens is 1. The average Bonchev–Trinajstić information content (AvgIpc) is 2.84. The predicted molar refractivity (Wildman–Crippen MR) is 125 cm³/mol. The number of hydrogen-bond acceptors (Lipinski definition) is 5. The molecule has 174 valence electrons. The van der Waals surface area contributed by atoms with Gasteiger partial charge in [-0.3, -0.25) is 9.10 Å². The molecule has 7 nitrogen and oxygen atoms in total. The number of benzene rings is 2. The first-order chi connectivity index (χ1) is 15.9. The number of methoxy groups -OCH3 is 1. The van der Waals surface area contributed by atoms with Gasteiger partial charge in [0.15, 0.2) is 0 Å². The van der Waals surface area contributed by atoms with Crippen LogP contribution in [0.1, 0.15) is 15.9 Å². The fourth-order valence-corrected chi connectivity index (χ4v) is 5.06. The molecular formula is C24H26FN3O4S. The molecule has 0 N–H and O–H groups in total. The minimum Gasteiger partial charge on any atom is -0.481 e. The number of amides is 1. The molecule has 0 unspecified atom stereocenters. The topological polar surface area (TPSA) is 79.8 Å². The molecule has 1 aromatic heterocycles. The third kappa shape index (κ3) is 5.67. The number of ether oxygens (including phenoxy) is 1. The molecular weight excluding hydrogens is 445 g/mol. The van der Waals surface area contributed by atoms with Crippen molar-refractivity contribution >= 4 is 21.6 Å². The number of hydrogen-bond donors (Lipinski definition) is 0. The Kier molecular flexibility index (Phi) is 8.00. The van der Waals surface area contributed by atoms with Crippen molar-refractivity contribution in [3.05, 3.63) is 84.1 Å². The third-order valence-corrected chi connectivity index (χ3v) is 7.10. The standard InChI is InChI=1S/C24H26FN3O4S/c1-19-8-6-7-11-22(19)33(30,31)28(21-12-13-23(32-2)26-18-21)17-16-27(15-14-25)24(29)20-9-4-3-5-10-20/h3-13,18H,14-17H2,1-2H3. The number of rotatable bonds is 10. The number of pyridine rings is 1. The van der Waals surface area contributed by atoms with Crippen LogP contribution in [0.4, 0.5) is 10.1 Å². The Morgan fingerprint density at radius 2 is 1.67 bits per heavy atom. The van der Waals surface area contributed by atoms with Crippen molar-refractivity contribution in [3.63, 3.8) is 0 Å². The van der Waals surface area contributed by atoms with Crippen LogP contribution in [-0.4, -0.2) is 57.6 Å². The molecule has 0 aliphatic rings. The highest BCUT2D eigenvalue weighted by atomic mass is 32.2. The molecule has 0 aliphatic carbocycles. The maximum Gasteiger partial charge on any atom is 0.264 e. The number of sulfonamides is 1. The molecule has 0 atom stereocenters. The van der Waals surface area contributed by atoms with Crippen LogP contribution < -0.4 is 9.04 Å². The van der Waals surface area contributed by atoms with E-state index in [1.54, 1.807) is 67.6 Å². The number of anilines is 1. The zero-order valence-electron chi connectivity index (χ0n) is 18.5. The van der Waals surface area contributed by atoms with Crippen molar-refractivity contribution in [1.29, 1.82) is 0 Å². The first-order valence-corrected chi connectivity index (χ1v) is 11.8. The summed E-state index contributed by atoms with van der Waals surface area (Å²) in [6, 6.07) is 18.3. The zero-order valence-corrected chi connectivity index (χ0v) is 19.3. The number of nitrogens with zero attached hydrogens (tertiary/aromatic N) is 3. The third-order valence-electron chi connectivity index (χ3n) is 5.11. The van der Waals surface area contributed by atoms with E-state index in [0.29, 0.717) is 22.7 Å². The van der Waals surface area contributed by atoms with Gasteiger partial charge in [-0.2, -0.15) is 0 Å². The van der Waals surface area contributed by atoms with Crippen molar-refractivity contribution in [2.75, 3.05) is 37.7 Å². The Hall–Kier alpha value is -3.46. The quantitative estimate of drug-likeness (QED) is 0.450. The highest BCUT2D eigenvalue weighted by Crippen LogP contribution is 2.26. The van der Waals surface area contributed by atoms with E-state index in [2.05, 4.69) is 4.98 Å². The second-order valence-corrected chi connectivity index (χ2v) is 9.08.